The van der Waals surface area contributed by atoms with E-state index in [1.54, 1.807) is 54.2 Å². The Hall–Kier alpha value is -3.94. The van der Waals surface area contributed by atoms with Crippen LogP contribution in [0.1, 0.15) is 36.8 Å². The second-order valence-electron chi connectivity index (χ2n) is 9.33. The topological polar surface area (TPSA) is 84.7 Å². The fraction of sp³-hybridized carbons (Fsp3) is 0.333. The maximum absolute atomic E-state index is 13.6. The maximum atomic E-state index is 13.6. The predicted molar refractivity (Wildman–Crippen MR) is 129 cm³/mol. The maximum Gasteiger partial charge on any atom is 0.241 e. The molecule has 8 heteroatoms. The lowest BCUT2D eigenvalue weighted by atomic mass is 9.75. The Labute approximate surface area is 204 Å². The summed E-state index contributed by atoms with van der Waals surface area (Å²) in [5.74, 6) is 0.0102. The number of likely N-dealkylation sites (tertiary alicyclic amines) is 1. The van der Waals surface area contributed by atoms with Crippen molar-refractivity contribution in [2.45, 2.75) is 43.7 Å². The van der Waals surface area contributed by atoms with E-state index in [9.17, 15) is 14.4 Å². The van der Waals surface area contributed by atoms with E-state index in [0.29, 0.717) is 17.9 Å². The van der Waals surface area contributed by atoms with Gasteiger partial charge < -0.3 is 9.64 Å². The number of benzene rings is 2. The number of rotatable bonds is 8. The summed E-state index contributed by atoms with van der Waals surface area (Å²) in [6.45, 7) is 0.394. The third kappa shape index (κ3) is 4.32. The van der Waals surface area contributed by atoms with Gasteiger partial charge in [0.15, 0.2) is 0 Å². The number of hydrogen-bond donors (Lipinski definition) is 0. The van der Waals surface area contributed by atoms with Crippen LogP contribution in [-0.2, 0) is 26.3 Å². The van der Waals surface area contributed by atoms with Gasteiger partial charge in [-0.05, 0) is 54.3 Å². The molecule has 0 radical (unpaired) electrons. The number of nitrogens with zero attached hydrogens (tertiary/aromatic N) is 4. The lowest BCUT2D eigenvalue weighted by Crippen LogP contribution is -2.43. The van der Waals surface area contributed by atoms with E-state index in [2.05, 4.69) is 5.10 Å². The fourth-order valence-corrected chi connectivity index (χ4v) is 4.77. The van der Waals surface area contributed by atoms with Crippen molar-refractivity contribution < 1.29 is 19.1 Å². The molecule has 0 N–H and O–H groups in total. The molecule has 1 atom stereocenters. The van der Waals surface area contributed by atoms with Crippen molar-refractivity contribution >= 4 is 17.7 Å². The van der Waals surface area contributed by atoms with Crippen LogP contribution in [0.2, 0.25) is 0 Å². The third-order valence-corrected chi connectivity index (χ3v) is 6.91. The Morgan fingerprint density at radius 1 is 1.11 bits per heavy atom. The van der Waals surface area contributed by atoms with Crippen LogP contribution < -0.4 is 4.74 Å². The van der Waals surface area contributed by atoms with E-state index in [-0.39, 0.29) is 36.6 Å². The summed E-state index contributed by atoms with van der Waals surface area (Å²) in [5.41, 5.74) is 1.37. The van der Waals surface area contributed by atoms with Crippen molar-refractivity contribution in [3.05, 3.63) is 78.1 Å². The monoisotopic (exact) mass is 472 g/mol. The molecule has 2 aliphatic rings. The molecule has 3 aromatic rings. The van der Waals surface area contributed by atoms with Crippen molar-refractivity contribution in [3.8, 4) is 11.4 Å². The molecule has 1 saturated heterocycles. The van der Waals surface area contributed by atoms with Gasteiger partial charge in [0.05, 0.1) is 18.2 Å². The number of methoxy groups -OCH3 is 1. The SMILES string of the molecule is COc1ccc([C@@]2(CC(=O)N(C)Cc3ccc(-n4cccn4)cc3)CC(=O)N(C3CC3)C2=O)cc1. The van der Waals surface area contributed by atoms with Gasteiger partial charge in [-0.2, -0.15) is 5.10 Å². The largest absolute Gasteiger partial charge is 0.497 e. The van der Waals surface area contributed by atoms with Crippen molar-refractivity contribution in [2.75, 3.05) is 14.2 Å². The lowest BCUT2D eigenvalue weighted by Gasteiger charge is -2.29. The van der Waals surface area contributed by atoms with Crippen LogP contribution in [0.15, 0.2) is 67.0 Å². The molecule has 35 heavy (non-hydrogen) atoms. The smallest absolute Gasteiger partial charge is 0.241 e. The predicted octanol–water partition coefficient (Wildman–Crippen LogP) is 3.09. The number of carbonyl (C=O) groups excluding carboxylic acids is 3. The fourth-order valence-electron chi connectivity index (χ4n) is 4.77. The van der Waals surface area contributed by atoms with Crippen molar-refractivity contribution in [1.29, 1.82) is 0 Å². The highest BCUT2D eigenvalue weighted by atomic mass is 16.5. The van der Waals surface area contributed by atoms with Crippen molar-refractivity contribution in [3.63, 3.8) is 0 Å². The summed E-state index contributed by atoms with van der Waals surface area (Å²) in [6.07, 6.45) is 5.20. The molecule has 8 nitrogen and oxygen atoms in total. The first kappa shape index (κ1) is 22.8. The van der Waals surface area contributed by atoms with E-state index in [4.69, 9.17) is 4.74 Å². The highest BCUT2D eigenvalue weighted by molar-refractivity contribution is 6.11. The van der Waals surface area contributed by atoms with Gasteiger partial charge in [0.1, 0.15) is 5.75 Å². The highest BCUT2D eigenvalue weighted by Crippen LogP contribution is 2.44. The summed E-state index contributed by atoms with van der Waals surface area (Å²) >= 11 is 0. The second kappa shape index (κ2) is 9.02. The minimum atomic E-state index is -1.19. The average molecular weight is 473 g/mol. The number of imide groups is 1. The molecule has 5 rings (SSSR count). The van der Waals surface area contributed by atoms with Crippen LogP contribution in [0.25, 0.3) is 5.69 Å². The van der Waals surface area contributed by atoms with Gasteiger partial charge in [-0.1, -0.05) is 24.3 Å². The van der Waals surface area contributed by atoms with Crippen LogP contribution in [-0.4, -0.2) is 57.5 Å². The molecular formula is C27H28N4O4. The van der Waals surface area contributed by atoms with Crippen LogP contribution in [0.4, 0.5) is 0 Å². The van der Waals surface area contributed by atoms with Gasteiger partial charge in [0.2, 0.25) is 17.7 Å². The average Bonchev–Trinajstić information content (AvgIpc) is 3.47. The first-order valence-corrected chi connectivity index (χ1v) is 11.8. The van der Waals surface area contributed by atoms with Crippen LogP contribution in [0.3, 0.4) is 0 Å². The summed E-state index contributed by atoms with van der Waals surface area (Å²) in [7, 11) is 3.30. The normalized spacial score (nSPS) is 19.8. The number of amides is 3. The molecule has 1 aromatic heterocycles. The number of hydrogen-bond acceptors (Lipinski definition) is 5. The molecule has 0 spiro atoms. The molecule has 0 unspecified atom stereocenters. The van der Waals surface area contributed by atoms with E-state index in [1.807, 2.05) is 36.5 Å². The van der Waals surface area contributed by atoms with Gasteiger partial charge in [-0.3, -0.25) is 19.3 Å². The second-order valence-corrected chi connectivity index (χ2v) is 9.33. The summed E-state index contributed by atoms with van der Waals surface area (Å²) in [6, 6.07) is 16.8. The molecular weight excluding hydrogens is 444 g/mol. The minimum Gasteiger partial charge on any atom is -0.497 e. The van der Waals surface area contributed by atoms with Crippen molar-refractivity contribution in [2.24, 2.45) is 0 Å². The molecule has 1 aliphatic carbocycles. The van der Waals surface area contributed by atoms with E-state index in [1.165, 1.54) is 4.90 Å². The van der Waals surface area contributed by atoms with E-state index < -0.39 is 5.41 Å². The summed E-state index contributed by atoms with van der Waals surface area (Å²) in [5, 5.41) is 4.23. The Morgan fingerprint density at radius 3 is 2.43 bits per heavy atom. The zero-order chi connectivity index (χ0) is 24.6. The number of carbonyl (C=O) groups is 3. The number of ether oxygens (including phenoxy) is 1. The van der Waals surface area contributed by atoms with Gasteiger partial charge >= 0.3 is 0 Å². The molecule has 2 fully saturated rings. The van der Waals surface area contributed by atoms with E-state index in [0.717, 1.165) is 24.1 Å². The van der Waals surface area contributed by atoms with Crippen LogP contribution in [0, 0.1) is 0 Å². The van der Waals surface area contributed by atoms with Gasteiger partial charge in [-0.25, -0.2) is 4.68 Å². The number of aromatic nitrogens is 2. The molecule has 1 aliphatic heterocycles. The first-order valence-electron chi connectivity index (χ1n) is 11.8. The molecule has 2 heterocycles. The molecule has 3 amide bonds. The molecule has 2 aromatic carbocycles. The minimum absolute atomic E-state index is 0.00676. The van der Waals surface area contributed by atoms with E-state index >= 15 is 0 Å². The Balaban J connectivity index is 1.36. The molecule has 180 valence electrons. The van der Waals surface area contributed by atoms with Crippen molar-refractivity contribution in [1.82, 2.24) is 19.6 Å². The lowest BCUT2D eigenvalue weighted by molar-refractivity contribution is -0.143. The standard InChI is InChI=1S/C27H28N4O4/c1-29(18-19-4-8-21(9-5-19)30-15-3-14-28-30)24(32)16-27(20-6-12-23(35-2)13-7-20)17-25(33)31(26(27)34)22-10-11-22/h3-9,12-15,22H,10-11,16-18H2,1-2H3/t27-/m1/s1. The third-order valence-electron chi connectivity index (χ3n) is 6.91. The van der Waals surface area contributed by atoms with Gasteiger partial charge in [-0.15, -0.1) is 0 Å². The van der Waals surface area contributed by atoms with Crippen LogP contribution >= 0.6 is 0 Å². The molecule has 0 bridgehead atoms. The van der Waals surface area contributed by atoms with Gasteiger partial charge in [0.25, 0.3) is 0 Å². The Bertz CT molecular complexity index is 1230. The first-order chi connectivity index (χ1) is 16.9. The Kier molecular flexibility index (Phi) is 5.88. The Morgan fingerprint density at radius 2 is 1.83 bits per heavy atom. The zero-order valence-electron chi connectivity index (χ0n) is 19.9. The van der Waals surface area contributed by atoms with Gasteiger partial charge in [0, 0.05) is 44.9 Å². The molecule has 1 saturated carbocycles. The highest BCUT2D eigenvalue weighted by Gasteiger charge is 2.57. The van der Waals surface area contributed by atoms with Crippen LogP contribution in [0.5, 0.6) is 5.75 Å². The zero-order valence-corrected chi connectivity index (χ0v) is 19.9. The quantitative estimate of drug-likeness (QED) is 0.471. The summed E-state index contributed by atoms with van der Waals surface area (Å²) < 4.78 is 7.03. The summed E-state index contributed by atoms with van der Waals surface area (Å²) in [4.78, 5) is 43.0.